The molecule has 86 valence electrons. The Morgan fingerprint density at radius 3 is 2.88 bits per heavy atom. The summed E-state index contributed by atoms with van der Waals surface area (Å²) in [7, 11) is 1.67. The highest BCUT2D eigenvalue weighted by molar-refractivity contribution is 9.10. The Hall–Kier alpha value is -1.94. The number of nitriles is 1. The van der Waals surface area contributed by atoms with E-state index in [-0.39, 0.29) is 21.8 Å². The molecule has 1 aromatic carbocycles. The van der Waals surface area contributed by atoms with E-state index >= 15 is 0 Å². The van der Waals surface area contributed by atoms with Crippen molar-refractivity contribution in [2.75, 3.05) is 0 Å². The highest BCUT2D eigenvalue weighted by atomic mass is 79.9. The van der Waals surface area contributed by atoms with Gasteiger partial charge in [-0.25, -0.2) is 4.39 Å². The molecule has 0 bridgehead atoms. The zero-order valence-corrected chi connectivity index (χ0v) is 10.3. The van der Waals surface area contributed by atoms with Crippen LogP contribution in [0.15, 0.2) is 22.9 Å². The molecule has 0 saturated carbocycles. The minimum Gasteiger partial charge on any atom is -0.420 e. The van der Waals surface area contributed by atoms with Crippen LogP contribution in [0, 0.1) is 17.1 Å². The largest absolute Gasteiger partial charge is 0.420 e. The van der Waals surface area contributed by atoms with E-state index in [1.165, 1.54) is 23.1 Å². The summed E-state index contributed by atoms with van der Waals surface area (Å²) in [5.74, 6) is -0.696. The predicted molar refractivity (Wildman–Crippen MR) is 59.9 cm³/mol. The maximum atomic E-state index is 13.8. The lowest BCUT2D eigenvalue weighted by Gasteiger charge is -2.04. The number of hydrogen-bond acceptors (Lipinski definition) is 4. The van der Waals surface area contributed by atoms with Gasteiger partial charge < -0.3 is 4.74 Å². The molecule has 0 radical (unpaired) electrons. The molecule has 0 aliphatic carbocycles. The van der Waals surface area contributed by atoms with Crippen molar-refractivity contribution in [3.8, 4) is 17.8 Å². The smallest absolute Gasteiger partial charge is 0.341 e. The molecule has 0 amide bonds. The second kappa shape index (κ2) is 4.51. The van der Waals surface area contributed by atoms with Crippen LogP contribution in [0.1, 0.15) is 5.56 Å². The fourth-order valence-electron chi connectivity index (χ4n) is 1.16. The van der Waals surface area contributed by atoms with E-state index < -0.39 is 5.82 Å². The van der Waals surface area contributed by atoms with Gasteiger partial charge in [0.2, 0.25) is 0 Å². The quantitative estimate of drug-likeness (QED) is 0.853. The normalized spacial score (nSPS) is 10.0. The van der Waals surface area contributed by atoms with Crippen LogP contribution >= 0.6 is 15.9 Å². The van der Waals surface area contributed by atoms with Crippen molar-refractivity contribution in [3.05, 3.63) is 34.3 Å². The number of aryl methyl sites for hydroxylation is 1. The molecule has 1 heterocycles. The van der Waals surface area contributed by atoms with E-state index in [1.54, 1.807) is 7.05 Å². The Morgan fingerprint density at radius 1 is 1.53 bits per heavy atom. The van der Waals surface area contributed by atoms with Gasteiger partial charge >= 0.3 is 6.01 Å². The van der Waals surface area contributed by atoms with E-state index in [0.29, 0.717) is 0 Å². The average Bonchev–Trinajstić information content (AvgIpc) is 2.71. The van der Waals surface area contributed by atoms with Gasteiger partial charge in [-0.05, 0) is 28.1 Å². The molecule has 0 atom stereocenters. The molecule has 2 rings (SSSR count). The van der Waals surface area contributed by atoms with Gasteiger partial charge in [0.1, 0.15) is 12.4 Å². The fourth-order valence-corrected chi connectivity index (χ4v) is 1.58. The van der Waals surface area contributed by atoms with Crippen molar-refractivity contribution in [1.82, 2.24) is 14.8 Å². The molecule has 0 N–H and O–H groups in total. The van der Waals surface area contributed by atoms with E-state index in [2.05, 4.69) is 26.0 Å². The number of rotatable bonds is 2. The first kappa shape index (κ1) is 11.5. The van der Waals surface area contributed by atoms with Crippen LogP contribution in [0.2, 0.25) is 0 Å². The third kappa shape index (κ3) is 2.26. The summed E-state index contributed by atoms with van der Waals surface area (Å²) in [5, 5.41) is 12.6. The van der Waals surface area contributed by atoms with E-state index in [4.69, 9.17) is 10.00 Å². The van der Waals surface area contributed by atoms with Crippen LogP contribution < -0.4 is 4.74 Å². The summed E-state index contributed by atoms with van der Waals surface area (Å²) < 4.78 is 20.4. The van der Waals surface area contributed by atoms with Gasteiger partial charge in [0.15, 0.2) is 11.6 Å². The molecule has 7 heteroatoms. The highest BCUT2D eigenvalue weighted by Crippen LogP contribution is 2.30. The molecule has 0 aliphatic rings. The first-order chi connectivity index (χ1) is 8.11. The monoisotopic (exact) mass is 296 g/mol. The third-order valence-corrected chi connectivity index (χ3v) is 2.72. The Kier molecular flexibility index (Phi) is 3.06. The van der Waals surface area contributed by atoms with Crippen molar-refractivity contribution in [2.24, 2.45) is 7.05 Å². The first-order valence-electron chi connectivity index (χ1n) is 4.53. The number of halogens is 2. The molecule has 17 heavy (non-hydrogen) atoms. The molecular weight excluding hydrogens is 291 g/mol. The first-order valence-corrected chi connectivity index (χ1v) is 5.32. The standard InChI is InChI=1S/C10H6BrFN4O/c1-16-5-14-10(15-16)17-7-3-2-6(4-13)8(11)9(7)12/h2-3,5H,1H3. The van der Waals surface area contributed by atoms with Crippen LogP contribution in [0.3, 0.4) is 0 Å². The van der Waals surface area contributed by atoms with Crippen molar-refractivity contribution in [1.29, 1.82) is 5.26 Å². The Bertz CT molecular complexity index is 605. The predicted octanol–water partition coefficient (Wildman–Crippen LogP) is 2.38. The number of hydrogen-bond donors (Lipinski definition) is 0. The lowest BCUT2D eigenvalue weighted by Crippen LogP contribution is -1.94. The van der Waals surface area contributed by atoms with Gasteiger partial charge in [-0.15, -0.1) is 5.10 Å². The van der Waals surface area contributed by atoms with Gasteiger partial charge in [0, 0.05) is 7.05 Å². The molecule has 0 aliphatic heterocycles. The summed E-state index contributed by atoms with van der Waals surface area (Å²) in [6.07, 6.45) is 1.44. The van der Waals surface area contributed by atoms with Crippen LogP contribution in [-0.2, 0) is 7.05 Å². The minimum atomic E-state index is -0.656. The minimum absolute atomic E-state index is 0.0397. The molecule has 0 spiro atoms. The van der Waals surface area contributed by atoms with Gasteiger partial charge in [-0.2, -0.15) is 10.2 Å². The number of nitrogens with zero attached hydrogens (tertiary/aromatic N) is 4. The van der Waals surface area contributed by atoms with Crippen LogP contribution in [0.25, 0.3) is 0 Å². The second-order valence-corrected chi connectivity index (χ2v) is 3.95. The third-order valence-electron chi connectivity index (χ3n) is 1.95. The Morgan fingerprint density at radius 2 is 2.29 bits per heavy atom. The SMILES string of the molecule is Cn1cnc(Oc2ccc(C#N)c(Br)c2F)n1. The summed E-state index contributed by atoms with van der Waals surface area (Å²) in [4.78, 5) is 3.81. The van der Waals surface area contributed by atoms with Crippen molar-refractivity contribution in [3.63, 3.8) is 0 Å². The van der Waals surface area contributed by atoms with Crippen molar-refractivity contribution >= 4 is 15.9 Å². The number of ether oxygens (including phenoxy) is 1. The lowest BCUT2D eigenvalue weighted by atomic mass is 10.2. The zero-order valence-electron chi connectivity index (χ0n) is 8.69. The topological polar surface area (TPSA) is 63.7 Å². The number of aromatic nitrogens is 3. The van der Waals surface area contributed by atoms with E-state index in [1.807, 2.05) is 6.07 Å². The van der Waals surface area contributed by atoms with Gasteiger partial charge in [0.05, 0.1) is 10.0 Å². The van der Waals surface area contributed by atoms with E-state index in [0.717, 1.165) is 0 Å². The van der Waals surface area contributed by atoms with Crippen LogP contribution in [-0.4, -0.2) is 14.8 Å². The second-order valence-electron chi connectivity index (χ2n) is 3.15. The molecule has 1 aromatic heterocycles. The van der Waals surface area contributed by atoms with Gasteiger partial charge in [-0.3, -0.25) is 4.68 Å². The molecule has 0 fully saturated rings. The Labute approximate surface area is 105 Å². The van der Waals surface area contributed by atoms with E-state index in [9.17, 15) is 4.39 Å². The lowest BCUT2D eigenvalue weighted by molar-refractivity contribution is 0.407. The average molecular weight is 297 g/mol. The summed E-state index contributed by atoms with van der Waals surface area (Å²) >= 11 is 2.99. The zero-order chi connectivity index (χ0) is 12.4. The molecule has 0 saturated heterocycles. The van der Waals surface area contributed by atoms with Gasteiger partial charge in [-0.1, -0.05) is 0 Å². The maximum Gasteiger partial charge on any atom is 0.341 e. The van der Waals surface area contributed by atoms with Crippen molar-refractivity contribution < 1.29 is 9.13 Å². The Balaban J connectivity index is 2.35. The summed E-state index contributed by atoms with van der Waals surface area (Å²) in [6, 6.07) is 4.70. The summed E-state index contributed by atoms with van der Waals surface area (Å²) in [6.45, 7) is 0. The summed E-state index contributed by atoms with van der Waals surface area (Å²) in [5.41, 5.74) is 0.198. The molecule has 2 aromatic rings. The highest BCUT2D eigenvalue weighted by Gasteiger charge is 2.14. The number of benzene rings is 1. The molecular formula is C10H6BrFN4O. The van der Waals surface area contributed by atoms with Crippen LogP contribution in [0.4, 0.5) is 4.39 Å². The molecule has 0 unspecified atom stereocenters. The molecule has 5 nitrogen and oxygen atoms in total. The maximum absolute atomic E-state index is 13.8. The van der Waals surface area contributed by atoms with Crippen molar-refractivity contribution in [2.45, 2.75) is 0 Å². The van der Waals surface area contributed by atoms with Crippen LogP contribution in [0.5, 0.6) is 11.8 Å². The van der Waals surface area contributed by atoms with Gasteiger partial charge in [0.25, 0.3) is 0 Å². The fraction of sp³-hybridized carbons (Fsp3) is 0.100.